The van der Waals surface area contributed by atoms with Crippen LogP contribution in [0.25, 0.3) is 11.4 Å². The van der Waals surface area contributed by atoms with Crippen LogP contribution in [0.15, 0.2) is 69.8 Å². The van der Waals surface area contributed by atoms with E-state index in [1.165, 1.54) is 11.8 Å². The normalized spacial score (nSPS) is 15.8. The molecule has 0 N–H and O–H groups in total. The van der Waals surface area contributed by atoms with Crippen LogP contribution in [0.3, 0.4) is 0 Å². The summed E-state index contributed by atoms with van der Waals surface area (Å²) in [4.78, 5) is 19.6. The van der Waals surface area contributed by atoms with Gasteiger partial charge in [-0.3, -0.25) is 9.78 Å². The summed E-state index contributed by atoms with van der Waals surface area (Å²) in [7, 11) is 0. The van der Waals surface area contributed by atoms with Crippen molar-refractivity contribution in [2.45, 2.75) is 31.1 Å². The molecule has 0 aromatic carbocycles. The Balaban J connectivity index is 1.35. The third-order valence-electron chi connectivity index (χ3n) is 5.14. The predicted molar refractivity (Wildman–Crippen MR) is 129 cm³/mol. The van der Waals surface area contributed by atoms with Gasteiger partial charge < -0.3 is 4.57 Å². The second kappa shape index (κ2) is 9.35. The van der Waals surface area contributed by atoms with E-state index in [9.17, 15) is 4.79 Å². The number of hydrogen-bond donors (Lipinski definition) is 0. The standard InChI is InChI=1S/C22H20N6OS3/c1-2-27-21(15-7-9-23-10-8-15)24-25-22(27)32-14-20(29)28-17(19-6-4-12-31-19)13-16(26-28)18-5-3-11-30-18/h3-12,17H,2,13-14H2,1H3. The predicted octanol–water partition coefficient (Wildman–Crippen LogP) is 4.95. The number of carbonyl (C=O) groups excluding carboxylic acids is 1. The van der Waals surface area contributed by atoms with E-state index in [2.05, 4.69) is 27.3 Å². The molecule has 1 atom stereocenters. The van der Waals surface area contributed by atoms with Crippen molar-refractivity contribution < 1.29 is 4.79 Å². The summed E-state index contributed by atoms with van der Waals surface area (Å²) in [5.41, 5.74) is 1.92. The molecule has 1 aliphatic heterocycles. The first-order valence-corrected chi connectivity index (χ1v) is 12.9. The van der Waals surface area contributed by atoms with Gasteiger partial charge in [0, 0.05) is 35.8 Å². The van der Waals surface area contributed by atoms with Crippen molar-refractivity contribution in [3.05, 3.63) is 69.3 Å². The Morgan fingerprint density at radius 3 is 2.66 bits per heavy atom. The fourth-order valence-corrected chi connectivity index (χ4v) is 6.01. The van der Waals surface area contributed by atoms with Crippen LogP contribution >= 0.6 is 34.4 Å². The number of hydrogen-bond acceptors (Lipinski definition) is 8. The number of thiophene rings is 2. The van der Waals surface area contributed by atoms with Crippen molar-refractivity contribution in [3.8, 4) is 11.4 Å². The first-order valence-electron chi connectivity index (χ1n) is 10.2. The van der Waals surface area contributed by atoms with Gasteiger partial charge in [0.15, 0.2) is 11.0 Å². The molecule has 162 valence electrons. The van der Waals surface area contributed by atoms with Gasteiger partial charge in [-0.2, -0.15) is 5.10 Å². The van der Waals surface area contributed by atoms with Gasteiger partial charge in [-0.25, -0.2) is 5.01 Å². The van der Waals surface area contributed by atoms with Crippen LogP contribution in [0.1, 0.15) is 29.1 Å². The molecule has 5 rings (SSSR count). The van der Waals surface area contributed by atoms with Gasteiger partial charge in [-0.1, -0.05) is 23.9 Å². The van der Waals surface area contributed by atoms with E-state index in [1.54, 1.807) is 40.1 Å². The average Bonchev–Trinajstić information content (AvgIpc) is 3.63. The number of carbonyl (C=O) groups is 1. The van der Waals surface area contributed by atoms with Crippen LogP contribution in [0.4, 0.5) is 0 Å². The number of thioether (sulfide) groups is 1. The third kappa shape index (κ3) is 4.13. The topological polar surface area (TPSA) is 76.3 Å². The lowest BCUT2D eigenvalue weighted by Crippen LogP contribution is -2.28. The van der Waals surface area contributed by atoms with E-state index in [0.29, 0.717) is 6.54 Å². The van der Waals surface area contributed by atoms with Crippen molar-refractivity contribution in [3.63, 3.8) is 0 Å². The molecule has 5 heterocycles. The molecule has 0 saturated heterocycles. The number of nitrogens with zero attached hydrogens (tertiary/aromatic N) is 6. The highest BCUT2D eigenvalue weighted by Crippen LogP contribution is 2.36. The van der Waals surface area contributed by atoms with Crippen molar-refractivity contribution in [1.82, 2.24) is 24.8 Å². The maximum absolute atomic E-state index is 13.3. The summed E-state index contributed by atoms with van der Waals surface area (Å²) in [6.07, 6.45) is 4.21. The zero-order valence-electron chi connectivity index (χ0n) is 17.3. The number of hydrazone groups is 1. The monoisotopic (exact) mass is 480 g/mol. The third-order valence-corrected chi connectivity index (χ3v) is 7.98. The van der Waals surface area contributed by atoms with Gasteiger partial charge in [-0.15, -0.1) is 32.9 Å². The molecule has 10 heteroatoms. The summed E-state index contributed by atoms with van der Waals surface area (Å²) in [5.74, 6) is 0.994. The van der Waals surface area contributed by atoms with E-state index in [4.69, 9.17) is 5.10 Å². The molecule has 1 aliphatic rings. The Kier molecular flexibility index (Phi) is 6.15. The number of amides is 1. The maximum Gasteiger partial charge on any atom is 0.253 e. The molecule has 1 unspecified atom stereocenters. The van der Waals surface area contributed by atoms with Gasteiger partial charge in [0.05, 0.1) is 22.4 Å². The zero-order chi connectivity index (χ0) is 21.9. The molecule has 1 amide bonds. The van der Waals surface area contributed by atoms with Gasteiger partial charge >= 0.3 is 0 Å². The number of aromatic nitrogens is 4. The minimum atomic E-state index is -0.0587. The zero-order valence-corrected chi connectivity index (χ0v) is 19.7. The number of rotatable bonds is 7. The van der Waals surface area contributed by atoms with E-state index < -0.39 is 0 Å². The Bertz CT molecular complexity index is 1220. The van der Waals surface area contributed by atoms with Crippen LogP contribution in [0.5, 0.6) is 0 Å². The summed E-state index contributed by atoms with van der Waals surface area (Å²) in [6, 6.07) is 11.9. The molecular formula is C22H20N6OS3. The Hall–Kier alpha value is -2.82. The highest BCUT2D eigenvalue weighted by atomic mass is 32.2. The highest BCUT2D eigenvalue weighted by molar-refractivity contribution is 7.99. The quantitative estimate of drug-likeness (QED) is 0.350. The molecule has 0 radical (unpaired) electrons. The molecule has 0 bridgehead atoms. The smallest absolute Gasteiger partial charge is 0.253 e. The SMILES string of the molecule is CCn1c(SCC(=O)N2N=C(c3cccs3)CC2c2cccs2)nnc1-c1ccncc1. The Morgan fingerprint density at radius 2 is 1.94 bits per heavy atom. The Morgan fingerprint density at radius 1 is 1.12 bits per heavy atom. The molecule has 0 spiro atoms. The van der Waals surface area contributed by atoms with Crippen molar-refractivity contribution in [2.24, 2.45) is 5.10 Å². The van der Waals surface area contributed by atoms with Gasteiger partial charge in [0.1, 0.15) is 0 Å². The lowest BCUT2D eigenvalue weighted by Gasteiger charge is -2.20. The minimum Gasteiger partial charge on any atom is -0.302 e. The second-order valence-electron chi connectivity index (χ2n) is 7.07. The Labute approximate surface area is 197 Å². The van der Waals surface area contributed by atoms with Crippen molar-refractivity contribution in [1.29, 1.82) is 0 Å². The molecule has 7 nitrogen and oxygen atoms in total. The number of pyridine rings is 1. The van der Waals surface area contributed by atoms with Crippen LogP contribution < -0.4 is 0 Å². The molecule has 4 aromatic rings. The van der Waals surface area contributed by atoms with Crippen molar-refractivity contribution in [2.75, 3.05) is 5.75 Å². The summed E-state index contributed by atoms with van der Waals surface area (Å²) < 4.78 is 2.02. The fraction of sp³-hybridized carbons (Fsp3) is 0.227. The molecule has 4 aromatic heterocycles. The van der Waals surface area contributed by atoms with E-state index in [-0.39, 0.29) is 17.7 Å². The first-order chi connectivity index (χ1) is 15.7. The molecule has 0 saturated carbocycles. The van der Waals surface area contributed by atoms with Crippen molar-refractivity contribution >= 4 is 46.1 Å². The highest BCUT2D eigenvalue weighted by Gasteiger charge is 2.34. The largest absolute Gasteiger partial charge is 0.302 e. The van der Waals surface area contributed by atoms with E-state index >= 15 is 0 Å². The maximum atomic E-state index is 13.3. The van der Waals surface area contributed by atoms with E-state index in [0.717, 1.165) is 38.4 Å². The molecule has 32 heavy (non-hydrogen) atoms. The average molecular weight is 481 g/mol. The molecular weight excluding hydrogens is 460 g/mol. The van der Waals surface area contributed by atoms with Crippen LogP contribution in [-0.4, -0.2) is 42.1 Å². The second-order valence-corrected chi connectivity index (χ2v) is 9.94. The van der Waals surface area contributed by atoms with Gasteiger partial charge in [0.2, 0.25) is 0 Å². The molecule has 0 fully saturated rings. The first kappa shape index (κ1) is 21.0. The fourth-order valence-electron chi connectivity index (χ4n) is 3.62. The summed E-state index contributed by atoms with van der Waals surface area (Å²) in [5, 5.41) is 19.9. The summed E-state index contributed by atoms with van der Waals surface area (Å²) >= 11 is 4.71. The minimum absolute atomic E-state index is 0.0314. The lowest BCUT2D eigenvalue weighted by molar-refractivity contribution is -0.130. The van der Waals surface area contributed by atoms with Gasteiger partial charge in [-0.05, 0) is 41.9 Å². The van der Waals surface area contributed by atoms with E-state index in [1.807, 2.05) is 46.5 Å². The van der Waals surface area contributed by atoms with Gasteiger partial charge in [0.25, 0.3) is 5.91 Å². The van der Waals surface area contributed by atoms with Crippen LogP contribution in [0.2, 0.25) is 0 Å². The molecule has 0 aliphatic carbocycles. The lowest BCUT2D eigenvalue weighted by atomic mass is 10.1. The summed E-state index contributed by atoms with van der Waals surface area (Å²) in [6.45, 7) is 2.76. The van der Waals surface area contributed by atoms with Crippen LogP contribution in [-0.2, 0) is 11.3 Å². The van der Waals surface area contributed by atoms with Crippen LogP contribution in [0, 0.1) is 0 Å².